The van der Waals surface area contributed by atoms with Gasteiger partial charge in [0, 0.05) is 11.8 Å². The Kier molecular flexibility index (Phi) is 3.16. The number of fused-ring (bicyclic) bond motifs is 1. The van der Waals surface area contributed by atoms with Crippen LogP contribution < -0.4 is 0 Å². The summed E-state index contributed by atoms with van der Waals surface area (Å²) in [7, 11) is 0. The van der Waals surface area contributed by atoms with E-state index in [1.807, 2.05) is 0 Å². The van der Waals surface area contributed by atoms with Crippen molar-refractivity contribution in [3.63, 3.8) is 0 Å². The van der Waals surface area contributed by atoms with Gasteiger partial charge in [-0.3, -0.25) is 0 Å². The van der Waals surface area contributed by atoms with Crippen LogP contribution in [-0.4, -0.2) is 10.8 Å². The average Bonchev–Trinajstić information content (AvgIpc) is 2.50. The summed E-state index contributed by atoms with van der Waals surface area (Å²) in [5.74, 6) is 0.443. The highest BCUT2D eigenvalue weighted by molar-refractivity contribution is 6.31. The minimum absolute atomic E-state index is 0.0346. The zero-order valence-electron chi connectivity index (χ0n) is 13.4. The van der Waals surface area contributed by atoms with E-state index in [4.69, 9.17) is 23.2 Å². The lowest BCUT2D eigenvalue weighted by Crippen LogP contribution is -2.43. The van der Waals surface area contributed by atoms with Gasteiger partial charge in [-0.15, -0.1) is 23.2 Å². The van der Waals surface area contributed by atoms with Crippen molar-refractivity contribution in [3.05, 3.63) is 68.8 Å². The number of hydrogen-bond acceptors (Lipinski definition) is 0. The molecule has 5 rings (SSSR count). The Labute approximate surface area is 142 Å². The van der Waals surface area contributed by atoms with E-state index in [-0.39, 0.29) is 22.6 Å². The van der Waals surface area contributed by atoms with Crippen molar-refractivity contribution in [2.45, 2.75) is 50.3 Å². The van der Waals surface area contributed by atoms with Crippen molar-refractivity contribution >= 4 is 23.2 Å². The third kappa shape index (κ3) is 1.66. The Morgan fingerprint density at radius 1 is 0.545 bits per heavy atom. The second-order valence-corrected chi connectivity index (χ2v) is 7.91. The first-order valence-electron chi connectivity index (χ1n) is 7.91. The fourth-order valence-electron chi connectivity index (χ4n) is 4.65. The summed E-state index contributed by atoms with van der Waals surface area (Å²) in [6.07, 6.45) is 0. The van der Waals surface area contributed by atoms with Crippen LogP contribution in [-0.2, 0) is 0 Å². The molecular weight excluding hydrogens is 311 g/mol. The maximum atomic E-state index is 6.84. The molecule has 2 unspecified atom stereocenters. The van der Waals surface area contributed by atoms with Gasteiger partial charge < -0.3 is 0 Å². The lowest BCUT2D eigenvalue weighted by molar-refractivity contribution is 0.525. The van der Waals surface area contributed by atoms with Crippen molar-refractivity contribution in [1.82, 2.24) is 0 Å². The van der Waals surface area contributed by atoms with E-state index in [2.05, 4.69) is 52.0 Å². The van der Waals surface area contributed by atoms with Gasteiger partial charge in [-0.2, -0.15) is 0 Å². The number of rotatable bonds is 0. The van der Waals surface area contributed by atoms with Crippen LogP contribution in [0.15, 0.2) is 24.3 Å². The maximum Gasteiger partial charge on any atom is 0.0618 e. The van der Waals surface area contributed by atoms with Gasteiger partial charge in [-0.1, -0.05) is 24.3 Å². The Morgan fingerprint density at radius 3 is 1.00 bits per heavy atom. The van der Waals surface area contributed by atoms with E-state index >= 15 is 0 Å². The quantitative estimate of drug-likeness (QED) is 0.541. The van der Waals surface area contributed by atoms with E-state index in [0.717, 1.165) is 0 Å². The highest BCUT2D eigenvalue weighted by Crippen LogP contribution is 2.59. The summed E-state index contributed by atoms with van der Waals surface area (Å²) in [5.41, 5.74) is 11.1. The molecule has 0 aromatic heterocycles. The molecular formula is C20H20Cl2. The molecule has 0 heterocycles. The molecule has 0 amide bonds. The summed E-state index contributed by atoms with van der Waals surface area (Å²) in [4.78, 5) is 0. The highest BCUT2D eigenvalue weighted by Gasteiger charge is 2.50. The molecule has 2 aromatic carbocycles. The highest BCUT2D eigenvalue weighted by atomic mass is 35.5. The van der Waals surface area contributed by atoms with Crippen LogP contribution in [0.1, 0.15) is 56.3 Å². The summed E-state index contributed by atoms with van der Waals surface area (Å²) < 4.78 is 0. The topological polar surface area (TPSA) is 0 Å². The standard InChI is InChI=1S/C20H20Cl2/c1-9-5-6-10(2)14-13(9)17-15-11(3)7-8-12(4)16(15)18(14)20(22)19(17)21/h5-8,17-20H,1-4H3. The first-order chi connectivity index (χ1) is 10.4. The predicted molar refractivity (Wildman–Crippen MR) is 94.8 cm³/mol. The first-order valence-corrected chi connectivity index (χ1v) is 8.79. The van der Waals surface area contributed by atoms with Crippen LogP contribution in [0.25, 0.3) is 0 Å². The Morgan fingerprint density at radius 2 is 0.773 bits per heavy atom. The van der Waals surface area contributed by atoms with Crippen LogP contribution >= 0.6 is 23.2 Å². The van der Waals surface area contributed by atoms with Crippen LogP contribution in [0.2, 0.25) is 0 Å². The molecule has 0 saturated heterocycles. The Bertz CT molecular complexity index is 665. The number of benzene rings is 2. The monoisotopic (exact) mass is 330 g/mol. The molecule has 114 valence electrons. The van der Waals surface area contributed by atoms with Gasteiger partial charge in [0.15, 0.2) is 0 Å². The Hall–Kier alpha value is -0.980. The molecule has 0 N–H and O–H groups in total. The number of aryl methyl sites for hydroxylation is 4. The van der Waals surface area contributed by atoms with Crippen molar-refractivity contribution in [3.8, 4) is 0 Å². The van der Waals surface area contributed by atoms with E-state index in [1.165, 1.54) is 44.5 Å². The third-order valence-electron chi connectivity index (χ3n) is 5.63. The molecule has 0 nitrogen and oxygen atoms in total. The minimum atomic E-state index is -0.0346. The molecule has 2 atom stereocenters. The smallest absolute Gasteiger partial charge is 0.0618 e. The van der Waals surface area contributed by atoms with Crippen molar-refractivity contribution in [2.75, 3.05) is 0 Å². The van der Waals surface area contributed by atoms with Gasteiger partial charge in [0.2, 0.25) is 0 Å². The molecule has 22 heavy (non-hydrogen) atoms. The number of halogens is 2. The molecule has 2 heteroatoms. The number of hydrogen-bond donors (Lipinski definition) is 0. The van der Waals surface area contributed by atoms with Crippen molar-refractivity contribution in [1.29, 1.82) is 0 Å². The van der Waals surface area contributed by atoms with E-state index in [0.29, 0.717) is 0 Å². The van der Waals surface area contributed by atoms with Gasteiger partial charge in [-0.25, -0.2) is 0 Å². The largest absolute Gasteiger partial charge is 0.120 e. The molecule has 2 aromatic rings. The average molecular weight is 331 g/mol. The fraction of sp³-hybridized carbons (Fsp3) is 0.400. The molecule has 0 saturated carbocycles. The van der Waals surface area contributed by atoms with Gasteiger partial charge in [0.05, 0.1) is 10.8 Å². The van der Waals surface area contributed by atoms with Gasteiger partial charge in [-0.05, 0) is 72.2 Å². The summed E-state index contributed by atoms with van der Waals surface area (Å²) in [6.45, 7) is 8.82. The second-order valence-electron chi connectivity index (χ2n) is 6.90. The molecule has 3 aliphatic carbocycles. The molecule has 0 spiro atoms. The van der Waals surface area contributed by atoms with Crippen LogP contribution in [0.5, 0.6) is 0 Å². The second kappa shape index (κ2) is 4.76. The third-order valence-corrected chi connectivity index (χ3v) is 6.81. The lowest BCUT2D eigenvalue weighted by atomic mass is 9.59. The predicted octanol–water partition coefficient (Wildman–Crippen LogP) is 5.73. The normalized spacial score (nSPS) is 28.5. The molecule has 0 aliphatic heterocycles. The van der Waals surface area contributed by atoms with Gasteiger partial charge >= 0.3 is 0 Å². The molecule has 2 bridgehead atoms. The molecule has 3 aliphatic rings. The fourth-order valence-corrected chi connectivity index (χ4v) is 5.45. The lowest BCUT2D eigenvalue weighted by Gasteiger charge is -2.49. The first kappa shape index (κ1) is 14.6. The Balaban J connectivity index is 2.15. The molecule has 0 fully saturated rings. The minimum Gasteiger partial charge on any atom is -0.120 e. The van der Waals surface area contributed by atoms with Crippen LogP contribution in [0.4, 0.5) is 0 Å². The van der Waals surface area contributed by atoms with E-state index in [1.54, 1.807) is 0 Å². The van der Waals surface area contributed by atoms with Gasteiger partial charge in [0.1, 0.15) is 0 Å². The van der Waals surface area contributed by atoms with Crippen molar-refractivity contribution < 1.29 is 0 Å². The SMILES string of the molecule is Cc1ccc(C)c2c1C1c3c(C)ccc(C)c3C2C(Cl)C1Cl. The van der Waals surface area contributed by atoms with Crippen LogP contribution in [0, 0.1) is 27.7 Å². The summed E-state index contributed by atoms with van der Waals surface area (Å²) in [6, 6.07) is 8.91. The number of alkyl halides is 2. The maximum absolute atomic E-state index is 6.84. The van der Waals surface area contributed by atoms with E-state index < -0.39 is 0 Å². The van der Waals surface area contributed by atoms with Crippen molar-refractivity contribution in [2.24, 2.45) is 0 Å². The summed E-state index contributed by atoms with van der Waals surface area (Å²) in [5, 5.41) is -0.0691. The van der Waals surface area contributed by atoms with Crippen LogP contribution in [0.3, 0.4) is 0 Å². The molecule has 0 radical (unpaired) electrons. The zero-order valence-corrected chi connectivity index (χ0v) is 14.9. The zero-order chi connectivity index (χ0) is 15.8. The summed E-state index contributed by atoms with van der Waals surface area (Å²) >= 11 is 13.7. The van der Waals surface area contributed by atoms with E-state index in [9.17, 15) is 0 Å². The van der Waals surface area contributed by atoms with Gasteiger partial charge in [0.25, 0.3) is 0 Å².